The van der Waals surface area contributed by atoms with Crippen molar-refractivity contribution in [2.24, 2.45) is 5.92 Å². The van der Waals surface area contributed by atoms with E-state index in [1.165, 1.54) is 0 Å². The molecular formula is C14H33N3. The molecule has 3 nitrogen and oxygen atoms in total. The van der Waals surface area contributed by atoms with Gasteiger partial charge in [0.1, 0.15) is 0 Å². The van der Waals surface area contributed by atoms with E-state index >= 15 is 0 Å². The third-order valence-corrected chi connectivity index (χ3v) is 3.36. The highest BCUT2D eigenvalue weighted by Crippen LogP contribution is 2.14. The molecular weight excluding hydrogens is 210 g/mol. The fourth-order valence-electron chi connectivity index (χ4n) is 2.53. The van der Waals surface area contributed by atoms with Gasteiger partial charge >= 0.3 is 0 Å². The first-order valence-corrected chi connectivity index (χ1v) is 7.05. The molecule has 0 heterocycles. The molecule has 0 radical (unpaired) electrons. The first-order chi connectivity index (χ1) is 7.93. The molecule has 0 fully saturated rings. The van der Waals surface area contributed by atoms with E-state index in [-0.39, 0.29) is 0 Å². The normalized spacial score (nSPS) is 15.9. The lowest BCUT2D eigenvalue weighted by atomic mass is 10.0. The summed E-state index contributed by atoms with van der Waals surface area (Å²) in [6.07, 6.45) is 0. The van der Waals surface area contributed by atoms with Crippen LogP contribution in [0.15, 0.2) is 0 Å². The van der Waals surface area contributed by atoms with Crippen molar-refractivity contribution < 1.29 is 0 Å². The van der Waals surface area contributed by atoms with E-state index in [2.05, 4.69) is 63.8 Å². The van der Waals surface area contributed by atoms with Crippen LogP contribution in [0, 0.1) is 5.92 Å². The number of likely N-dealkylation sites (N-methyl/N-ethyl adjacent to an activating group) is 3. The number of hydrogen-bond donors (Lipinski definition) is 1. The van der Waals surface area contributed by atoms with Crippen molar-refractivity contribution in [2.45, 2.75) is 46.7 Å². The summed E-state index contributed by atoms with van der Waals surface area (Å²) in [5, 5.41) is 3.50. The van der Waals surface area contributed by atoms with Crippen molar-refractivity contribution in [1.29, 1.82) is 0 Å². The van der Waals surface area contributed by atoms with Crippen LogP contribution in [0.25, 0.3) is 0 Å². The SMILES string of the molecule is CCNCC(C(C)C)N(CC)C(C)CN(C)C. The minimum atomic E-state index is 0.612. The smallest absolute Gasteiger partial charge is 0.0246 e. The molecule has 0 bridgehead atoms. The molecule has 0 aliphatic rings. The van der Waals surface area contributed by atoms with Crippen LogP contribution in [0.1, 0.15) is 34.6 Å². The second kappa shape index (κ2) is 8.90. The topological polar surface area (TPSA) is 18.5 Å². The molecule has 3 heteroatoms. The number of nitrogens with one attached hydrogen (secondary N) is 1. The van der Waals surface area contributed by atoms with Crippen LogP contribution in [0.4, 0.5) is 0 Å². The standard InChI is InChI=1S/C14H33N3/c1-8-15-10-14(12(3)4)17(9-2)13(5)11-16(6)7/h12-15H,8-11H2,1-7H3. The van der Waals surface area contributed by atoms with Crippen molar-refractivity contribution in [2.75, 3.05) is 40.3 Å². The molecule has 0 spiro atoms. The van der Waals surface area contributed by atoms with E-state index in [0.29, 0.717) is 18.0 Å². The van der Waals surface area contributed by atoms with Gasteiger partial charge in [0.2, 0.25) is 0 Å². The van der Waals surface area contributed by atoms with Gasteiger partial charge in [0.05, 0.1) is 0 Å². The molecule has 0 aliphatic heterocycles. The van der Waals surface area contributed by atoms with E-state index in [9.17, 15) is 0 Å². The Hall–Kier alpha value is -0.120. The molecule has 17 heavy (non-hydrogen) atoms. The highest BCUT2D eigenvalue weighted by molar-refractivity contribution is 4.81. The maximum Gasteiger partial charge on any atom is 0.0246 e. The largest absolute Gasteiger partial charge is 0.315 e. The van der Waals surface area contributed by atoms with Gasteiger partial charge < -0.3 is 10.2 Å². The fraction of sp³-hybridized carbons (Fsp3) is 1.00. The summed E-state index contributed by atoms with van der Waals surface area (Å²) in [5.41, 5.74) is 0. The third-order valence-electron chi connectivity index (χ3n) is 3.36. The van der Waals surface area contributed by atoms with Crippen molar-refractivity contribution in [3.05, 3.63) is 0 Å². The Balaban J connectivity index is 4.53. The number of rotatable bonds is 9. The molecule has 0 rings (SSSR count). The van der Waals surface area contributed by atoms with Gasteiger partial charge in [0.25, 0.3) is 0 Å². The quantitative estimate of drug-likeness (QED) is 0.667. The second-order valence-electron chi connectivity index (χ2n) is 5.56. The Morgan fingerprint density at radius 1 is 1.06 bits per heavy atom. The molecule has 2 unspecified atom stereocenters. The van der Waals surface area contributed by atoms with Gasteiger partial charge in [-0.1, -0.05) is 27.7 Å². The Kier molecular flexibility index (Phi) is 8.83. The van der Waals surface area contributed by atoms with E-state index in [4.69, 9.17) is 0 Å². The summed E-state index contributed by atoms with van der Waals surface area (Å²) in [5.74, 6) is 0.693. The molecule has 0 aromatic carbocycles. The maximum atomic E-state index is 3.50. The van der Waals surface area contributed by atoms with Crippen LogP contribution in [-0.4, -0.2) is 62.2 Å². The molecule has 0 amide bonds. The van der Waals surface area contributed by atoms with Gasteiger partial charge in [0, 0.05) is 25.2 Å². The number of nitrogens with zero attached hydrogens (tertiary/aromatic N) is 2. The lowest BCUT2D eigenvalue weighted by Crippen LogP contribution is -2.52. The number of hydrogen-bond acceptors (Lipinski definition) is 3. The molecule has 104 valence electrons. The van der Waals surface area contributed by atoms with Crippen LogP contribution in [-0.2, 0) is 0 Å². The van der Waals surface area contributed by atoms with E-state index < -0.39 is 0 Å². The lowest BCUT2D eigenvalue weighted by Gasteiger charge is -2.39. The van der Waals surface area contributed by atoms with Crippen molar-refractivity contribution in [1.82, 2.24) is 15.1 Å². The summed E-state index contributed by atoms with van der Waals surface area (Å²) < 4.78 is 0. The average molecular weight is 243 g/mol. The second-order valence-corrected chi connectivity index (χ2v) is 5.56. The van der Waals surface area contributed by atoms with Gasteiger partial charge in [-0.05, 0) is 40.0 Å². The minimum Gasteiger partial charge on any atom is -0.315 e. The van der Waals surface area contributed by atoms with Gasteiger partial charge in [0.15, 0.2) is 0 Å². The summed E-state index contributed by atoms with van der Waals surface area (Å²) in [6.45, 7) is 15.9. The van der Waals surface area contributed by atoms with Gasteiger partial charge in [-0.2, -0.15) is 0 Å². The molecule has 0 saturated heterocycles. The Morgan fingerprint density at radius 3 is 2.00 bits per heavy atom. The van der Waals surface area contributed by atoms with E-state index in [0.717, 1.165) is 26.2 Å². The molecule has 0 aliphatic carbocycles. The first-order valence-electron chi connectivity index (χ1n) is 7.05. The highest BCUT2D eigenvalue weighted by atomic mass is 15.2. The fourth-order valence-corrected chi connectivity index (χ4v) is 2.53. The van der Waals surface area contributed by atoms with Crippen molar-refractivity contribution in [3.8, 4) is 0 Å². The molecule has 0 saturated carbocycles. The van der Waals surface area contributed by atoms with Crippen molar-refractivity contribution >= 4 is 0 Å². The average Bonchev–Trinajstić information content (AvgIpc) is 2.22. The summed E-state index contributed by atoms with van der Waals surface area (Å²) in [6, 6.07) is 1.25. The Bertz CT molecular complexity index is 180. The monoisotopic (exact) mass is 243 g/mol. The molecule has 0 aromatic rings. The van der Waals surface area contributed by atoms with Crippen LogP contribution >= 0.6 is 0 Å². The van der Waals surface area contributed by atoms with Crippen molar-refractivity contribution in [3.63, 3.8) is 0 Å². The lowest BCUT2D eigenvalue weighted by molar-refractivity contribution is 0.0979. The molecule has 0 aromatic heterocycles. The molecule has 1 N–H and O–H groups in total. The zero-order valence-corrected chi connectivity index (χ0v) is 13.0. The van der Waals surface area contributed by atoms with Crippen LogP contribution < -0.4 is 5.32 Å². The predicted molar refractivity (Wildman–Crippen MR) is 77.6 cm³/mol. The van der Waals surface area contributed by atoms with E-state index in [1.54, 1.807) is 0 Å². The summed E-state index contributed by atoms with van der Waals surface area (Å²) in [7, 11) is 4.30. The Morgan fingerprint density at radius 2 is 1.65 bits per heavy atom. The Labute approximate surface area is 109 Å². The molecule has 2 atom stereocenters. The van der Waals surface area contributed by atoms with Gasteiger partial charge in [-0.3, -0.25) is 4.90 Å². The zero-order chi connectivity index (χ0) is 13.4. The minimum absolute atomic E-state index is 0.612. The predicted octanol–water partition coefficient (Wildman–Crippen LogP) is 1.89. The highest BCUT2D eigenvalue weighted by Gasteiger charge is 2.24. The summed E-state index contributed by atoms with van der Waals surface area (Å²) >= 11 is 0. The third kappa shape index (κ3) is 6.39. The van der Waals surface area contributed by atoms with Crippen LogP contribution in [0.5, 0.6) is 0 Å². The first kappa shape index (κ1) is 16.9. The van der Waals surface area contributed by atoms with Crippen LogP contribution in [0.3, 0.4) is 0 Å². The van der Waals surface area contributed by atoms with E-state index in [1.807, 2.05) is 0 Å². The maximum absolute atomic E-state index is 3.50. The zero-order valence-electron chi connectivity index (χ0n) is 13.0. The van der Waals surface area contributed by atoms with Crippen LogP contribution in [0.2, 0.25) is 0 Å². The van der Waals surface area contributed by atoms with Gasteiger partial charge in [-0.15, -0.1) is 0 Å². The summed E-state index contributed by atoms with van der Waals surface area (Å²) in [4.78, 5) is 4.91. The van der Waals surface area contributed by atoms with Gasteiger partial charge in [-0.25, -0.2) is 0 Å².